The molecule has 3 aromatic rings. The highest BCUT2D eigenvalue weighted by Crippen LogP contribution is 2.19. The van der Waals surface area contributed by atoms with Gasteiger partial charge in [0.2, 0.25) is 5.95 Å². The van der Waals surface area contributed by atoms with Gasteiger partial charge in [-0.3, -0.25) is 0 Å². The average molecular weight is 211 g/mol. The van der Waals surface area contributed by atoms with Crippen LogP contribution in [0.15, 0.2) is 42.6 Å². The molecule has 5 heteroatoms. The van der Waals surface area contributed by atoms with E-state index in [4.69, 9.17) is 5.73 Å². The van der Waals surface area contributed by atoms with Crippen LogP contribution < -0.4 is 5.73 Å². The monoisotopic (exact) mass is 211 g/mol. The second-order valence-electron chi connectivity index (χ2n) is 3.39. The van der Waals surface area contributed by atoms with E-state index in [-0.39, 0.29) is 0 Å². The molecule has 0 radical (unpaired) electrons. The van der Waals surface area contributed by atoms with Gasteiger partial charge in [-0.25, -0.2) is 9.38 Å². The van der Waals surface area contributed by atoms with Gasteiger partial charge in [0, 0.05) is 17.8 Å². The number of benzene rings is 1. The van der Waals surface area contributed by atoms with Crippen molar-refractivity contribution in [2.24, 2.45) is 0 Å². The molecule has 0 bridgehead atoms. The van der Waals surface area contributed by atoms with Crippen LogP contribution in [0.5, 0.6) is 0 Å². The second kappa shape index (κ2) is 3.30. The molecule has 0 fully saturated rings. The summed E-state index contributed by atoms with van der Waals surface area (Å²) >= 11 is 0. The highest BCUT2D eigenvalue weighted by Gasteiger charge is 2.09. The molecule has 16 heavy (non-hydrogen) atoms. The first-order valence-electron chi connectivity index (χ1n) is 4.87. The molecule has 0 amide bonds. The number of rotatable bonds is 1. The molecule has 78 valence electrons. The summed E-state index contributed by atoms with van der Waals surface area (Å²) in [6.45, 7) is 0. The number of aromatic nitrogens is 4. The quantitative estimate of drug-likeness (QED) is 0.660. The Morgan fingerprint density at radius 1 is 1.00 bits per heavy atom. The first kappa shape index (κ1) is 8.84. The SMILES string of the molecule is Nc1nccc2nnc(-c3ccccc3)n12. The van der Waals surface area contributed by atoms with E-state index in [1.54, 1.807) is 16.7 Å². The fourth-order valence-corrected chi connectivity index (χ4v) is 1.64. The molecule has 0 aliphatic heterocycles. The zero-order valence-electron chi connectivity index (χ0n) is 8.41. The van der Waals surface area contributed by atoms with E-state index in [1.807, 2.05) is 30.3 Å². The van der Waals surface area contributed by atoms with Crippen molar-refractivity contribution in [1.29, 1.82) is 0 Å². The van der Waals surface area contributed by atoms with Gasteiger partial charge in [0.1, 0.15) is 0 Å². The Bertz CT molecular complexity index is 629. The number of fused-ring (bicyclic) bond motifs is 1. The third-order valence-corrected chi connectivity index (χ3v) is 2.38. The Morgan fingerprint density at radius 3 is 2.62 bits per heavy atom. The maximum absolute atomic E-state index is 5.81. The lowest BCUT2D eigenvalue weighted by Crippen LogP contribution is -2.00. The number of nitrogens with zero attached hydrogens (tertiary/aromatic N) is 4. The van der Waals surface area contributed by atoms with Gasteiger partial charge < -0.3 is 5.73 Å². The predicted octanol–water partition coefficient (Wildman–Crippen LogP) is 1.37. The van der Waals surface area contributed by atoms with Gasteiger partial charge in [-0.2, -0.15) is 0 Å². The van der Waals surface area contributed by atoms with Gasteiger partial charge in [-0.1, -0.05) is 30.3 Å². The van der Waals surface area contributed by atoms with Crippen LogP contribution in [0.3, 0.4) is 0 Å². The van der Waals surface area contributed by atoms with Gasteiger partial charge in [0.15, 0.2) is 11.5 Å². The van der Waals surface area contributed by atoms with Crippen LogP contribution in [-0.4, -0.2) is 19.6 Å². The fraction of sp³-hybridized carbons (Fsp3) is 0. The minimum atomic E-state index is 0.390. The molecule has 0 unspecified atom stereocenters. The largest absolute Gasteiger partial charge is 0.369 e. The van der Waals surface area contributed by atoms with Crippen molar-refractivity contribution >= 4 is 11.6 Å². The summed E-state index contributed by atoms with van der Waals surface area (Å²) in [5.74, 6) is 1.10. The summed E-state index contributed by atoms with van der Waals surface area (Å²) in [4.78, 5) is 4.03. The Morgan fingerprint density at radius 2 is 1.81 bits per heavy atom. The molecule has 2 N–H and O–H groups in total. The van der Waals surface area contributed by atoms with Crippen molar-refractivity contribution in [3.8, 4) is 11.4 Å². The predicted molar refractivity (Wildman–Crippen MR) is 60.6 cm³/mol. The molecule has 0 saturated carbocycles. The van der Waals surface area contributed by atoms with E-state index >= 15 is 0 Å². The highest BCUT2D eigenvalue weighted by molar-refractivity contribution is 5.61. The number of hydrogen-bond acceptors (Lipinski definition) is 4. The third-order valence-electron chi connectivity index (χ3n) is 2.38. The first-order chi connectivity index (χ1) is 7.86. The molecule has 0 saturated heterocycles. The molecule has 5 nitrogen and oxygen atoms in total. The lowest BCUT2D eigenvalue weighted by Gasteiger charge is -2.01. The number of hydrogen-bond donors (Lipinski definition) is 1. The molecule has 0 atom stereocenters. The fourth-order valence-electron chi connectivity index (χ4n) is 1.64. The van der Waals surface area contributed by atoms with Gasteiger partial charge in [-0.15, -0.1) is 10.2 Å². The van der Waals surface area contributed by atoms with Gasteiger partial charge in [0.25, 0.3) is 0 Å². The van der Waals surface area contributed by atoms with E-state index in [1.165, 1.54) is 0 Å². The summed E-state index contributed by atoms with van der Waals surface area (Å²) in [5.41, 5.74) is 7.48. The van der Waals surface area contributed by atoms with E-state index in [0.29, 0.717) is 17.4 Å². The van der Waals surface area contributed by atoms with Crippen LogP contribution in [-0.2, 0) is 0 Å². The zero-order valence-corrected chi connectivity index (χ0v) is 8.41. The van der Waals surface area contributed by atoms with Crippen molar-refractivity contribution < 1.29 is 0 Å². The Balaban J connectivity index is 2.33. The topological polar surface area (TPSA) is 69.1 Å². The molecular formula is C11H9N5. The summed E-state index contributed by atoms with van der Waals surface area (Å²) in [6.07, 6.45) is 1.62. The minimum absolute atomic E-state index is 0.390. The third kappa shape index (κ3) is 1.22. The van der Waals surface area contributed by atoms with Gasteiger partial charge in [-0.05, 0) is 0 Å². The number of anilines is 1. The maximum Gasteiger partial charge on any atom is 0.207 e. The Kier molecular flexibility index (Phi) is 1.83. The van der Waals surface area contributed by atoms with E-state index < -0.39 is 0 Å². The molecule has 0 aliphatic carbocycles. The van der Waals surface area contributed by atoms with E-state index in [9.17, 15) is 0 Å². The highest BCUT2D eigenvalue weighted by atomic mass is 15.3. The molecular weight excluding hydrogens is 202 g/mol. The van der Waals surface area contributed by atoms with Crippen LogP contribution in [0.4, 0.5) is 5.95 Å². The first-order valence-corrected chi connectivity index (χ1v) is 4.87. The van der Waals surface area contributed by atoms with Crippen LogP contribution >= 0.6 is 0 Å². The number of nitrogens with two attached hydrogens (primary N) is 1. The van der Waals surface area contributed by atoms with Crippen LogP contribution in [0.25, 0.3) is 17.0 Å². The summed E-state index contributed by atoms with van der Waals surface area (Å²) in [7, 11) is 0. The van der Waals surface area contributed by atoms with Crippen molar-refractivity contribution in [2.75, 3.05) is 5.73 Å². The molecule has 0 aliphatic rings. The minimum Gasteiger partial charge on any atom is -0.369 e. The molecule has 2 heterocycles. The molecule has 2 aromatic heterocycles. The van der Waals surface area contributed by atoms with Crippen molar-refractivity contribution in [2.45, 2.75) is 0 Å². The van der Waals surface area contributed by atoms with E-state index in [2.05, 4.69) is 15.2 Å². The maximum atomic E-state index is 5.81. The van der Waals surface area contributed by atoms with Crippen molar-refractivity contribution in [3.05, 3.63) is 42.6 Å². The second-order valence-corrected chi connectivity index (χ2v) is 3.39. The van der Waals surface area contributed by atoms with E-state index in [0.717, 1.165) is 5.56 Å². The average Bonchev–Trinajstić information content (AvgIpc) is 2.75. The van der Waals surface area contributed by atoms with Crippen molar-refractivity contribution in [1.82, 2.24) is 19.6 Å². The molecule has 0 spiro atoms. The Labute approximate surface area is 91.6 Å². The number of nitrogen functional groups attached to an aromatic ring is 1. The summed E-state index contributed by atoms with van der Waals surface area (Å²) in [5, 5.41) is 8.17. The molecule has 1 aromatic carbocycles. The van der Waals surface area contributed by atoms with Crippen molar-refractivity contribution in [3.63, 3.8) is 0 Å². The van der Waals surface area contributed by atoms with Crippen LogP contribution in [0.2, 0.25) is 0 Å². The standard InChI is InChI=1S/C11H9N5/c12-11-13-7-6-9-14-15-10(16(9)11)8-4-2-1-3-5-8/h1-7H,(H2,12,13). The van der Waals surface area contributed by atoms with Gasteiger partial charge >= 0.3 is 0 Å². The lowest BCUT2D eigenvalue weighted by molar-refractivity contribution is 1.09. The molecule has 3 rings (SSSR count). The lowest BCUT2D eigenvalue weighted by atomic mass is 10.2. The zero-order chi connectivity index (χ0) is 11.0. The Hall–Kier alpha value is -2.43. The van der Waals surface area contributed by atoms with Crippen LogP contribution in [0, 0.1) is 0 Å². The smallest absolute Gasteiger partial charge is 0.207 e. The summed E-state index contributed by atoms with van der Waals surface area (Å²) < 4.78 is 1.73. The van der Waals surface area contributed by atoms with Gasteiger partial charge in [0.05, 0.1) is 0 Å². The normalized spacial score (nSPS) is 10.8. The summed E-state index contributed by atoms with van der Waals surface area (Å²) in [6, 6.07) is 11.5. The van der Waals surface area contributed by atoms with Crippen LogP contribution in [0.1, 0.15) is 0 Å².